The van der Waals surface area contributed by atoms with Gasteiger partial charge in [-0.25, -0.2) is 4.79 Å². The third-order valence-electron chi connectivity index (χ3n) is 4.03. The second kappa shape index (κ2) is 7.73. The Morgan fingerprint density at radius 2 is 1.70 bits per heavy atom. The molecule has 1 fully saturated rings. The van der Waals surface area contributed by atoms with Gasteiger partial charge >= 0.3 is 5.97 Å². The van der Waals surface area contributed by atoms with E-state index in [2.05, 4.69) is 6.07 Å². The van der Waals surface area contributed by atoms with E-state index in [0.29, 0.717) is 29.2 Å². The van der Waals surface area contributed by atoms with Crippen molar-refractivity contribution in [3.05, 3.63) is 17.7 Å². The molecule has 1 aromatic carbocycles. The van der Waals surface area contributed by atoms with Crippen LogP contribution in [0.25, 0.3) is 0 Å². The van der Waals surface area contributed by atoms with Gasteiger partial charge in [0.05, 0.1) is 38.9 Å². The van der Waals surface area contributed by atoms with Gasteiger partial charge in [0.15, 0.2) is 11.5 Å². The van der Waals surface area contributed by atoms with Crippen molar-refractivity contribution in [3.8, 4) is 23.3 Å². The minimum absolute atomic E-state index is 0.241. The van der Waals surface area contributed by atoms with Crippen LogP contribution in [0.1, 0.15) is 36.0 Å². The van der Waals surface area contributed by atoms with E-state index in [1.807, 2.05) is 0 Å². The quantitative estimate of drug-likeness (QED) is 0.777. The number of nitriles is 1. The van der Waals surface area contributed by atoms with E-state index in [0.717, 1.165) is 19.3 Å². The van der Waals surface area contributed by atoms with Crippen LogP contribution in [0.5, 0.6) is 17.2 Å². The topological polar surface area (TPSA) is 77.8 Å². The van der Waals surface area contributed by atoms with E-state index in [4.69, 9.17) is 18.9 Å². The van der Waals surface area contributed by atoms with E-state index < -0.39 is 5.97 Å². The molecule has 0 heterocycles. The van der Waals surface area contributed by atoms with Crippen molar-refractivity contribution in [1.29, 1.82) is 5.26 Å². The first-order valence-corrected chi connectivity index (χ1v) is 7.55. The first kappa shape index (κ1) is 16.9. The van der Waals surface area contributed by atoms with Crippen molar-refractivity contribution in [2.75, 3.05) is 21.3 Å². The average molecular weight is 319 g/mol. The summed E-state index contributed by atoms with van der Waals surface area (Å²) < 4.78 is 21.2. The Balaban J connectivity index is 2.23. The summed E-state index contributed by atoms with van der Waals surface area (Å²) in [6.45, 7) is 0. The summed E-state index contributed by atoms with van der Waals surface area (Å²) in [6.07, 6.45) is 3.08. The lowest BCUT2D eigenvalue weighted by atomic mass is 9.87. The van der Waals surface area contributed by atoms with Crippen molar-refractivity contribution >= 4 is 5.97 Å². The predicted octanol–water partition coefficient (Wildman–Crippen LogP) is 2.95. The molecule has 0 aliphatic heterocycles. The van der Waals surface area contributed by atoms with Gasteiger partial charge in [-0.2, -0.15) is 5.26 Å². The molecule has 0 aromatic heterocycles. The van der Waals surface area contributed by atoms with E-state index in [1.165, 1.54) is 21.3 Å². The van der Waals surface area contributed by atoms with Gasteiger partial charge in [-0.05, 0) is 31.4 Å². The zero-order chi connectivity index (χ0) is 16.8. The predicted molar refractivity (Wildman–Crippen MR) is 82.9 cm³/mol. The monoisotopic (exact) mass is 319 g/mol. The molecule has 1 aliphatic carbocycles. The third kappa shape index (κ3) is 3.67. The number of carbonyl (C=O) groups excluding carboxylic acids is 1. The first-order chi connectivity index (χ1) is 11.1. The molecular formula is C17H21NO5. The lowest BCUT2D eigenvalue weighted by Gasteiger charge is -2.26. The molecule has 6 nitrogen and oxygen atoms in total. The lowest BCUT2D eigenvalue weighted by molar-refractivity contribution is 0.0107. The fourth-order valence-electron chi connectivity index (χ4n) is 2.79. The summed E-state index contributed by atoms with van der Waals surface area (Å²) in [4.78, 5) is 12.4. The molecule has 23 heavy (non-hydrogen) atoms. The fourth-order valence-corrected chi connectivity index (χ4v) is 2.79. The van der Waals surface area contributed by atoms with Gasteiger partial charge in [-0.3, -0.25) is 0 Å². The number of esters is 1. The van der Waals surface area contributed by atoms with Crippen molar-refractivity contribution in [2.45, 2.75) is 31.8 Å². The highest BCUT2D eigenvalue weighted by Crippen LogP contribution is 2.38. The maximum Gasteiger partial charge on any atom is 0.338 e. The molecular weight excluding hydrogens is 298 g/mol. The van der Waals surface area contributed by atoms with Crippen LogP contribution in [-0.2, 0) is 4.74 Å². The van der Waals surface area contributed by atoms with Gasteiger partial charge < -0.3 is 18.9 Å². The van der Waals surface area contributed by atoms with Crippen LogP contribution in [0.4, 0.5) is 0 Å². The van der Waals surface area contributed by atoms with E-state index in [-0.39, 0.29) is 12.0 Å². The van der Waals surface area contributed by atoms with Crippen molar-refractivity contribution in [1.82, 2.24) is 0 Å². The molecule has 0 bridgehead atoms. The second-order valence-electron chi connectivity index (χ2n) is 5.38. The van der Waals surface area contributed by atoms with Crippen LogP contribution < -0.4 is 14.2 Å². The van der Waals surface area contributed by atoms with Gasteiger partial charge in [0, 0.05) is 0 Å². The average Bonchev–Trinajstić information content (AvgIpc) is 2.60. The lowest BCUT2D eigenvalue weighted by Crippen LogP contribution is -2.29. The summed E-state index contributed by atoms with van der Waals surface area (Å²) in [5.74, 6) is 0.462. The smallest absolute Gasteiger partial charge is 0.338 e. The minimum atomic E-state index is -0.489. The van der Waals surface area contributed by atoms with Crippen molar-refractivity contribution in [2.24, 2.45) is 5.92 Å². The number of hydrogen-bond donors (Lipinski definition) is 0. The Morgan fingerprint density at radius 3 is 2.22 bits per heavy atom. The summed E-state index contributed by atoms with van der Waals surface area (Å²) in [7, 11) is 4.47. The van der Waals surface area contributed by atoms with E-state index >= 15 is 0 Å². The first-order valence-electron chi connectivity index (χ1n) is 7.55. The third-order valence-corrected chi connectivity index (χ3v) is 4.03. The molecule has 0 N–H and O–H groups in total. The van der Waals surface area contributed by atoms with Crippen LogP contribution in [0.3, 0.4) is 0 Å². The number of methoxy groups -OCH3 is 3. The number of hydrogen-bond acceptors (Lipinski definition) is 6. The van der Waals surface area contributed by atoms with E-state index in [9.17, 15) is 10.1 Å². The highest BCUT2D eigenvalue weighted by molar-refractivity contribution is 5.91. The Bertz CT molecular complexity index is 582. The number of benzene rings is 1. The summed E-state index contributed by atoms with van der Waals surface area (Å²) >= 11 is 0. The molecule has 0 unspecified atom stereocenters. The Kier molecular flexibility index (Phi) is 5.69. The van der Waals surface area contributed by atoms with Crippen molar-refractivity contribution in [3.63, 3.8) is 0 Å². The van der Waals surface area contributed by atoms with Crippen LogP contribution >= 0.6 is 0 Å². The van der Waals surface area contributed by atoms with Gasteiger partial charge in [-0.1, -0.05) is 6.42 Å². The van der Waals surface area contributed by atoms with Crippen molar-refractivity contribution < 1.29 is 23.7 Å². The Labute approximate surface area is 135 Å². The SMILES string of the molecule is COc1cc(C(=O)O[C@@H]2CCCC[C@H]2C#N)cc(OC)c1OC. The largest absolute Gasteiger partial charge is 0.493 e. The van der Waals surface area contributed by atoms with Crippen LogP contribution in [0, 0.1) is 17.2 Å². The fraction of sp³-hybridized carbons (Fsp3) is 0.529. The Morgan fingerprint density at radius 1 is 1.09 bits per heavy atom. The van der Waals surface area contributed by atoms with Gasteiger partial charge in [-0.15, -0.1) is 0 Å². The number of ether oxygens (including phenoxy) is 4. The zero-order valence-electron chi connectivity index (χ0n) is 13.6. The second-order valence-corrected chi connectivity index (χ2v) is 5.38. The maximum absolute atomic E-state index is 12.4. The molecule has 6 heteroatoms. The molecule has 2 atom stereocenters. The number of carbonyl (C=O) groups is 1. The van der Waals surface area contributed by atoms with Crippen LogP contribution in [0.2, 0.25) is 0 Å². The van der Waals surface area contributed by atoms with Gasteiger partial charge in [0.1, 0.15) is 6.10 Å². The molecule has 0 amide bonds. The molecule has 2 rings (SSSR count). The normalized spacial score (nSPS) is 20.3. The van der Waals surface area contributed by atoms with Gasteiger partial charge in [0.2, 0.25) is 5.75 Å². The van der Waals surface area contributed by atoms with Crippen LogP contribution in [0.15, 0.2) is 12.1 Å². The number of nitrogens with zero attached hydrogens (tertiary/aromatic N) is 1. The molecule has 0 radical (unpaired) electrons. The Hall–Kier alpha value is -2.42. The highest BCUT2D eigenvalue weighted by atomic mass is 16.5. The zero-order valence-corrected chi connectivity index (χ0v) is 13.6. The molecule has 0 spiro atoms. The number of rotatable bonds is 5. The molecule has 124 valence electrons. The minimum Gasteiger partial charge on any atom is -0.493 e. The highest BCUT2D eigenvalue weighted by Gasteiger charge is 2.29. The molecule has 1 saturated carbocycles. The van der Waals surface area contributed by atoms with Crippen LogP contribution in [-0.4, -0.2) is 33.4 Å². The summed E-state index contributed by atoms with van der Waals surface area (Å²) in [5, 5.41) is 9.18. The molecule has 1 aromatic rings. The van der Waals surface area contributed by atoms with Gasteiger partial charge in [0.25, 0.3) is 0 Å². The van der Waals surface area contributed by atoms with E-state index in [1.54, 1.807) is 12.1 Å². The summed E-state index contributed by atoms with van der Waals surface area (Å²) in [5.41, 5.74) is 0.307. The standard InChI is InChI=1S/C17H21NO5/c1-20-14-8-12(9-15(21-2)16(14)22-3)17(19)23-13-7-5-4-6-11(13)10-18/h8-9,11,13H,4-7H2,1-3H3/t11-,13+/m0/s1. The molecule has 1 aliphatic rings. The maximum atomic E-state index is 12.4. The summed E-state index contributed by atoms with van der Waals surface area (Å²) in [6, 6.07) is 5.33. The molecule has 0 saturated heterocycles.